The van der Waals surface area contributed by atoms with Gasteiger partial charge in [-0.15, -0.1) is 0 Å². The number of fused-ring (bicyclic) bond motifs is 3. The van der Waals surface area contributed by atoms with Gasteiger partial charge in [0.2, 0.25) is 5.91 Å². The van der Waals surface area contributed by atoms with Crippen LogP contribution in [-0.4, -0.2) is 78.6 Å². The largest absolute Gasteiger partial charge is 0.355 e. The first-order valence-corrected chi connectivity index (χ1v) is 11.6. The van der Waals surface area contributed by atoms with Crippen LogP contribution in [0.15, 0.2) is 18.3 Å². The van der Waals surface area contributed by atoms with E-state index in [4.69, 9.17) is 0 Å². The average Bonchev–Trinajstić information content (AvgIpc) is 2.74. The summed E-state index contributed by atoms with van der Waals surface area (Å²) in [7, 11) is 2.16. The number of hydrogen-bond acceptors (Lipinski definition) is 6. The highest BCUT2D eigenvalue weighted by molar-refractivity contribution is 6.01. The molecule has 0 radical (unpaired) electrons. The minimum absolute atomic E-state index is 0.00630. The van der Waals surface area contributed by atoms with E-state index in [0.717, 1.165) is 58.4 Å². The van der Waals surface area contributed by atoms with Gasteiger partial charge in [0.05, 0.1) is 5.56 Å². The molecule has 2 bridgehead atoms. The summed E-state index contributed by atoms with van der Waals surface area (Å²) in [6.45, 7) is 8.16. The molecule has 3 heterocycles. The molecule has 3 saturated carbocycles. The zero-order valence-corrected chi connectivity index (χ0v) is 18.6. The number of nitrogens with zero attached hydrogens (tertiary/aromatic N) is 3. The van der Waals surface area contributed by atoms with Crippen molar-refractivity contribution in [3.63, 3.8) is 0 Å². The standard InChI is InChI=1S/C23H34N6O2/c1-22-6-5-16(23(15-22)26-19-17(20(30)27-23)4-3-7-24-19)14-18(22)21(31)25-8-9-29-12-10-28(2)11-13-29/h3-4,7,16,18H,5-6,8-15H2,1-2H3,(H,24,26)(H,25,31)(H,27,30). The van der Waals surface area contributed by atoms with E-state index in [9.17, 15) is 9.59 Å². The first kappa shape index (κ1) is 20.7. The van der Waals surface area contributed by atoms with Crippen LogP contribution in [0.1, 0.15) is 43.0 Å². The molecule has 2 amide bonds. The predicted octanol–water partition coefficient (Wildman–Crippen LogP) is 1.12. The van der Waals surface area contributed by atoms with Gasteiger partial charge in [-0.25, -0.2) is 4.98 Å². The van der Waals surface area contributed by atoms with Crippen LogP contribution in [0.5, 0.6) is 0 Å². The van der Waals surface area contributed by atoms with Crippen LogP contribution in [-0.2, 0) is 4.79 Å². The van der Waals surface area contributed by atoms with Crippen molar-refractivity contribution in [1.82, 2.24) is 25.4 Å². The van der Waals surface area contributed by atoms with Crippen LogP contribution in [0, 0.1) is 17.3 Å². The second-order valence-electron chi connectivity index (χ2n) is 10.2. The lowest BCUT2D eigenvalue weighted by Gasteiger charge is -2.60. The molecule has 3 aliphatic carbocycles. The van der Waals surface area contributed by atoms with E-state index in [1.165, 1.54) is 0 Å². The van der Waals surface area contributed by atoms with Gasteiger partial charge in [-0.05, 0) is 50.3 Å². The van der Waals surface area contributed by atoms with Crippen molar-refractivity contribution in [2.45, 2.75) is 38.3 Å². The maximum atomic E-state index is 13.2. The van der Waals surface area contributed by atoms with E-state index < -0.39 is 5.66 Å². The topological polar surface area (TPSA) is 89.6 Å². The number of aromatic nitrogens is 1. The Hall–Kier alpha value is -2.19. The maximum absolute atomic E-state index is 13.2. The van der Waals surface area contributed by atoms with Gasteiger partial charge in [-0.2, -0.15) is 0 Å². The third-order valence-corrected chi connectivity index (χ3v) is 8.18. The quantitative estimate of drug-likeness (QED) is 0.669. The molecule has 6 rings (SSSR count). The first-order valence-electron chi connectivity index (χ1n) is 11.6. The molecule has 4 fully saturated rings. The van der Waals surface area contributed by atoms with Gasteiger partial charge in [0, 0.05) is 57.3 Å². The van der Waals surface area contributed by atoms with Crippen LogP contribution in [0.4, 0.5) is 5.82 Å². The number of hydrogen-bond donors (Lipinski definition) is 3. The number of carbonyl (C=O) groups is 2. The van der Waals surface area contributed by atoms with Gasteiger partial charge in [-0.3, -0.25) is 14.5 Å². The summed E-state index contributed by atoms with van der Waals surface area (Å²) in [6.07, 6.45) is 5.30. The lowest BCUT2D eigenvalue weighted by Crippen LogP contribution is -2.70. The molecule has 2 aliphatic heterocycles. The van der Waals surface area contributed by atoms with Crippen LogP contribution in [0.25, 0.3) is 0 Å². The van der Waals surface area contributed by atoms with E-state index >= 15 is 0 Å². The molecule has 168 valence electrons. The predicted molar refractivity (Wildman–Crippen MR) is 119 cm³/mol. The highest BCUT2D eigenvalue weighted by atomic mass is 16.2. The molecule has 1 aromatic heterocycles. The Morgan fingerprint density at radius 3 is 2.87 bits per heavy atom. The van der Waals surface area contributed by atoms with Crippen LogP contribution >= 0.6 is 0 Å². The molecular formula is C23H34N6O2. The van der Waals surface area contributed by atoms with Crippen molar-refractivity contribution in [3.8, 4) is 0 Å². The number of carbonyl (C=O) groups excluding carboxylic acids is 2. The van der Waals surface area contributed by atoms with Gasteiger partial charge in [-0.1, -0.05) is 6.92 Å². The Morgan fingerprint density at radius 1 is 1.29 bits per heavy atom. The Labute approximate surface area is 184 Å². The molecule has 0 aromatic carbocycles. The van der Waals surface area contributed by atoms with E-state index in [-0.39, 0.29) is 29.1 Å². The first-order chi connectivity index (χ1) is 14.9. The van der Waals surface area contributed by atoms with Crippen molar-refractivity contribution in [2.75, 3.05) is 51.6 Å². The lowest BCUT2D eigenvalue weighted by atomic mass is 9.51. The van der Waals surface area contributed by atoms with Crippen LogP contribution in [0.2, 0.25) is 0 Å². The van der Waals surface area contributed by atoms with Crippen molar-refractivity contribution >= 4 is 17.6 Å². The van der Waals surface area contributed by atoms with E-state index in [0.29, 0.717) is 17.9 Å². The van der Waals surface area contributed by atoms with Crippen molar-refractivity contribution in [2.24, 2.45) is 17.3 Å². The summed E-state index contributed by atoms with van der Waals surface area (Å²) >= 11 is 0. The van der Waals surface area contributed by atoms with Crippen molar-refractivity contribution in [3.05, 3.63) is 23.9 Å². The van der Waals surface area contributed by atoms with E-state index in [1.807, 2.05) is 0 Å². The van der Waals surface area contributed by atoms with Crippen molar-refractivity contribution in [1.29, 1.82) is 0 Å². The van der Waals surface area contributed by atoms with Gasteiger partial charge < -0.3 is 20.9 Å². The van der Waals surface area contributed by atoms with Gasteiger partial charge in [0.1, 0.15) is 11.5 Å². The molecule has 4 unspecified atom stereocenters. The number of pyridine rings is 1. The molecule has 1 spiro atoms. The molecule has 31 heavy (non-hydrogen) atoms. The third-order valence-electron chi connectivity index (χ3n) is 8.18. The van der Waals surface area contributed by atoms with Crippen LogP contribution < -0.4 is 16.0 Å². The third kappa shape index (κ3) is 3.69. The van der Waals surface area contributed by atoms with E-state index in [1.54, 1.807) is 18.3 Å². The summed E-state index contributed by atoms with van der Waals surface area (Å²) < 4.78 is 0. The summed E-state index contributed by atoms with van der Waals surface area (Å²) in [4.78, 5) is 35.1. The number of piperazine rings is 1. The number of rotatable bonds is 4. The lowest BCUT2D eigenvalue weighted by molar-refractivity contribution is -0.139. The molecule has 8 heteroatoms. The summed E-state index contributed by atoms with van der Waals surface area (Å²) in [6, 6.07) is 3.59. The average molecular weight is 427 g/mol. The van der Waals surface area contributed by atoms with Crippen LogP contribution in [0.3, 0.4) is 0 Å². The Morgan fingerprint density at radius 2 is 2.10 bits per heavy atom. The van der Waals surface area contributed by atoms with Gasteiger partial charge >= 0.3 is 0 Å². The number of amides is 2. The fraction of sp³-hybridized carbons (Fsp3) is 0.696. The molecule has 3 N–H and O–H groups in total. The fourth-order valence-electron chi connectivity index (χ4n) is 6.25. The molecular weight excluding hydrogens is 392 g/mol. The zero-order chi connectivity index (χ0) is 21.6. The molecule has 4 atom stereocenters. The van der Waals surface area contributed by atoms with Gasteiger partial charge in [0.25, 0.3) is 5.91 Å². The summed E-state index contributed by atoms with van der Waals surface area (Å²) in [5.41, 5.74) is -0.0423. The van der Waals surface area contributed by atoms with E-state index in [2.05, 4.69) is 44.7 Å². The number of nitrogens with one attached hydrogen (secondary N) is 3. The summed E-state index contributed by atoms with van der Waals surface area (Å²) in [5, 5.41) is 10.0. The maximum Gasteiger partial charge on any atom is 0.256 e. The fourth-order valence-corrected chi connectivity index (χ4v) is 6.25. The number of likely N-dealkylation sites (N-methyl/N-ethyl adjacent to an activating group) is 1. The Kier molecular flexibility index (Phi) is 5.17. The highest BCUT2D eigenvalue weighted by Gasteiger charge is 2.60. The summed E-state index contributed by atoms with van der Waals surface area (Å²) in [5.74, 6) is 0.994. The molecule has 5 aliphatic rings. The number of anilines is 1. The zero-order valence-electron chi connectivity index (χ0n) is 18.6. The SMILES string of the molecule is CN1CCN(CCNC(=O)C2CC3CCC2(C)CC32NC(=O)c3cccnc3N2)CC1. The van der Waals surface area contributed by atoms with Crippen molar-refractivity contribution < 1.29 is 9.59 Å². The minimum atomic E-state index is -0.498. The monoisotopic (exact) mass is 426 g/mol. The Balaban J connectivity index is 1.23. The second kappa shape index (κ2) is 7.74. The molecule has 8 nitrogen and oxygen atoms in total. The molecule has 1 saturated heterocycles. The highest BCUT2D eigenvalue weighted by Crippen LogP contribution is 2.58. The second-order valence-corrected chi connectivity index (χ2v) is 10.2. The normalized spacial score (nSPS) is 35.4. The Bertz CT molecular complexity index is 869. The van der Waals surface area contributed by atoms with Gasteiger partial charge in [0.15, 0.2) is 0 Å². The minimum Gasteiger partial charge on any atom is -0.355 e. The smallest absolute Gasteiger partial charge is 0.256 e. The molecule has 1 aromatic rings.